The van der Waals surface area contributed by atoms with Gasteiger partial charge in [0, 0.05) is 0 Å². The van der Waals surface area contributed by atoms with Crippen LogP contribution in [-0.2, 0) is 5.41 Å². The van der Waals surface area contributed by atoms with Gasteiger partial charge in [0.2, 0.25) is 0 Å². The predicted molar refractivity (Wildman–Crippen MR) is 64.4 cm³/mol. The maximum Gasteiger partial charge on any atom is 0.0814 e. The van der Waals surface area contributed by atoms with E-state index in [4.69, 9.17) is 0 Å². The summed E-state index contributed by atoms with van der Waals surface area (Å²) in [6.45, 7) is 6.68. The van der Waals surface area contributed by atoms with Gasteiger partial charge in [0.05, 0.1) is 8.41 Å². The van der Waals surface area contributed by atoms with Crippen LogP contribution in [0.5, 0.6) is 0 Å². The third-order valence-corrected chi connectivity index (χ3v) is 2.16. The van der Waals surface area contributed by atoms with Gasteiger partial charge in [-0.25, -0.2) is 0 Å². The molecule has 0 heterocycles. The van der Waals surface area contributed by atoms with Crippen LogP contribution in [0.3, 0.4) is 0 Å². The van der Waals surface area contributed by atoms with Gasteiger partial charge in [0.15, 0.2) is 0 Å². The van der Waals surface area contributed by atoms with E-state index in [-0.39, 0.29) is 13.8 Å². The molecule has 2 heteroatoms. The normalized spacial score (nSPS) is 10.7. The molecule has 1 atom stereocenters. The summed E-state index contributed by atoms with van der Waals surface area (Å²) in [5, 5.41) is 1.25. The molecule has 0 radical (unpaired) electrons. The summed E-state index contributed by atoms with van der Waals surface area (Å²) in [7, 11) is 2.69. The molecule has 0 aromatic heterocycles. The van der Waals surface area contributed by atoms with Crippen LogP contribution >= 0.6 is 9.24 Å². The molecule has 0 N–H and O–H groups in total. The zero-order chi connectivity index (χ0) is 8.48. The molecule has 66 valence electrons. The average Bonchev–Trinajstić information content (AvgIpc) is 1.86. The highest BCUT2D eigenvalue weighted by molar-refractivity contribution is 7.27. The van der Waals surface area contributed by atoms with E-state index < -0.39 is 0 Å². The highest BCUT2D eigenvalue weighted by Gasteiger charge is 2.11. The summed E-state index contributed by atoms with van der Waals surface area (Å²) < 4.78 is 0. The van der Waals surface area contributed by atoms with Gasteiger partial charge in [0.1, 0.15) is 0 Å². The molecule has 0 amide bonds. The summed E-state index contributed by atoms with van der Waals surface area (Å²) in [6, 6.07) is 8.63. The average molecular weight is 180 g/mol. The van der Waals surface area contributed by atoms with Crippen molar-refractivity contribution >= 4 is 23.0 Å². The van der Waals surface area contributed by atoms with Gasteiger partial charge in [-0.15, -0.1) is 9.24 Å². The Morgan fingerprint density at radius 2 is 1.42 bits per heavy atom. The molecular formula is C10H18BP. The summed E-state index contributed by atoms with van der Waals surface area (Å²) in [6.07, 6.45) is 0. The van der Waals surface area contributed by atoms with E-state index in [9.17, 15) is 0 Å². The zero-order valence-electron chi connectivity index (χ0n) is 7.39. The highest BCUT2D eigenvalue weighted by atomic mass is 31.0. The molecule has 1 rings (SSSR count). The minimum atomic E-state index is 0. The van der Waals surface area contributed by atoms with Gasteiger partial charge in [-0.3, -0.25) is 0 Å². The Morgan fingerprint density at radius 1 is 1.00 bits per heavy atom. The molecule has 0 fully saturated rings. The van der Waals surface area contributed by atoms with Crippen molar-refractivity contribution < 1.29 is 0 Å². The molecule has 0 nitrogen and oxygen atoms in total. The first-order chi connectivity index (χ1) is 5.00. The van der Waals surface area contributed by atoms with Crippen molar-refractivity contribution in [2.24, 2.45) is 0 Å². The number of hydrogen-bond donors (Lipinski definition) is 0. The maximum absolute atomic E-state index is 2.69. The van der Waals surface area contributed by atoms with E-state index in [1.807, 2.05) is 0 Å². The molecule has 1 aromatic carbocycles. The quantitative estimate of drug-likeness (QED) is 0.417. The molecule has 0 aliphatic heterocycles. The molecule has 12 heavy (non-hydrogen) atoms. The molecular weight excluding hydrogens is 162 g/mol. The molecule has 0 saturated carbocycles. The second-order valence-corrected chi connectivity index (χ2v) is 4.54. The predicted octanol–water partition coefficient (Wildman–Crippen LogP) is 1.30. The van der Waals surface area contributed by atoms with Gasteiger partial charge in [-0.2, -0.15) is 0 Å². The standard InChI is InChI=1S/C10H15P.BH3/c1-10(2,3)8-4-6-9(11)7-5-8;/h4-7H,11H2,1-3H3;1H3. The van der Waals surface area contributed by atoms with Gasteiger partial charge in [-0.05, 0) is 16.3 Å². The van der Waals surface area contributed by atoms with Gasteiger partial charge in [-0.1, -0.05) is 45.0 Å². The Balaban J connectivity index is 0.00000121. The molecule has 0 aliphatic carbocycles. The van der Waals surface area contributed by atoms with E-state index in [2.05, 4.69) is 54.3 Å². The minimum absolute atomic E-state index is 0. The Morgan fingerprint density at radius 3 is 1.75 bits per heavy atom. The first kappa shape index (κ1) is 11.7. The number of rotatable bonds is 0. The summed E-state index contributed by atoms with van der Waals surface area (Å²) in [5.74, 6) is 0. The Bertz CT molecular complexity index is 233. The fraction of sp³-hybridized carbons (Fsp3) is 0.400. The molecule has 0 saturated heterocycles. The Labute approximate surface area is 79.5 Å². The van der Waals surface area contributed by atoms with Crippen molar-refractivity contribution in [1.82, 2.24) is 0 Å². The fourth-order valence-corrected chi connectivity index (χ4v) is 1.18. The van der Waals surface area contributed by atoms with E-state index in [1.165, 1.54) is 10.9 Å². The van der Waals surface area contributed by atoms with Crippen LogP contribution in [0.25, 0.3) is 0 Å². The van der Waals surface area contributed by atoms with Gasteiger partial charge >= 0.3 is 0 Å². The maximum atomic E-state index is 2.69. The van der Waals surface area contributed by atoms with E-state index >= 15 is 0 Å². The van der Waals surface area contributed by atoms with Crippen LogP contribution in [0.4, 0.5) is 0 Å². The molecule has 0 spiro atoms. The van der Waals surface area contributed by atoms with Gasteiger partial charge in [0.25, 0.3) is 0 Å². The molecule has 1 aromatic rings. The second kappa shape index (κ2) is 4.09. The first-order valence-electron chi connectivity index (χ1n) is 3.86. The van der Waals surface area contributed by atoms with E-state index in [0.29, 0.717) is 0 Å². The van der Waals surface area contributed by atoms with Crippen molar-refractivity contribution in [3.8, 4) is 0 Å². The molecule has 1 unspecified atom stereocenters. The van der Waals surface area contributed by atoms with Crippen LogP contribution in [-0.4, -0.2) is 8.41 Å². The van der Waals surface area contributed by atoms with Gasteiger partial charge < -0.3 is 0 Å². The fourth-order valence-electron chi connectivity index (χ4n) is 0.983. The summed E-state index contributed by atoms with van der Waals surface area (Å²) in [4.78, 5) is 0. The highest BCUT2D eigenvalue weighted by Crippen LogP contribution is 2.20. The van der Waals surface area contributed by atoms with Crippen molar-refractivity contribution in [2.75, 3.05) is 0 Å². The van der Waals surface area contributed by atoms with Crippen molar-refractivity contribution in [3.05, 3.63) is 29.8 Å². The lowest BCUT2D eigenvalue weighted by Gasteiger charge is -2.18. The van der Waals surface area contributed by atoms with Crippen LogP contribution in [0.1, 0.15) is 26.3 Å². The van der Waals surface area contributed by atoms with Crippen LogP contribution in [0, 0.1) is 0 Å². The van der Waals surface area contributed by atoms with Crippen molar-refractivity contribution in [1.29, 1.82) is 0 Å². The SMILES string of the molecule is B.CC(C)(C)c1ccc(P)cc1. The monoisotopic (exact) mass is 180 g/mol. The summed E-state index contributed by atoms with van der Waals surface area (Å²) in [5.41, 5.74) is 1.67. The zero-order valence-corrected chi connectivity index (χ0v) is 8.54. The third kappa shape index (κ3) is 2.99. The first-order valence-corrected chi connectivity index (χ1v) is 4.44. The van der Waals surface area contributed by atoms with Crippen molar-refractivity contribution in [2.45, 2.75) is 26.2 Å². The van der Waals surface area contributed by atoms with E-state index in [1.54, 1.807) is 0 Å². The van der Waals surface area contributed by atoms with Crippen LogP contribution < -0.4 is 5.30 Å². The lowest BCUT2D eigenvalue weighted by Crippen LogP contribution is -2.11. The van der Waals surface area contributed by atoms with Crippen LogP contribution in [0.15, 0.2) is 24.3 Å². The van der Waals surface area contributed by atoms with Crippen molar-refractivity contribution in [3.63, 3.8) is 0 Å². The topological polar surface area (TPSA) is 0 Å². The van der Waals surface area contributed by atoms with E-state index in [0.717, 1.165) is 0 Å². The van der Waals surface area contributed by atoms with Crippen LogP contribution in [0.2, 0.25) is 0 Å². The second-order valence-electron chi connectivity index (χ2n) is 3.87. The minimum Gasteiger partial charge on any atom is -0.106 e. The molecule has 0 aliphatic rings. The Kier molecular flexibility index (Phi) is 4.00. The lowest BCUT2D eigenvalue weighted by molar-refractivity contribution is 0.590. The molecule has 0 bridgehead atoms. The summed E-state index contributed by atoms with van der Waals surface area (Å²) >= 11 is 0. The lowest BCUT2D eigenvalue weighted by atomic mass is 9.87. The third-order valence-electron chi connectivity index (χ3n) is 1.78. The number of benzene rings is 1. The smallest absolute Gasteiger partial charge is 0.0814 e. The largest absolute Gasteiger partial charge is 0.106 e. The Hall–Kier alpha value is -0.285. The number of hydrogen-bond acceptors (Lipinski definition) is 0.